The molecule has 0 heterocycles. The number of carboxylic acids is 1. The molecule has 0 aliphatic carbocycles. The van der Waals surface area contributed by atoms with Gasteiger partial charge in [-0.25, -0.2) is 9.79 Å². The van der Waals surface area contributed by atoms with E-state index in [1.54, 1.807) is 36.4 Å². The second-order valence-electron chi connectivity index (χ2n) is 4.25. The Hall–Kier alpha value is -3.02. The van der Waals surface area contributed by atoms with Crippen molar-refractivity contribution in [2.75, 3.05) is 0 Å². The summed E-state index contributed by atoms with van der Waals surface area (Å²) in [5.74, 6) is -1.56. The number of hydrogen-bond donors (Lipinski definition) is 2. The van der Waals surface area contributed by atoms with Crippen LogP contribution in [0.25, 0.3) is 0 Å². The van der Waals surface area contributed by atoms with Crippen LogP contribution in [0.4, 0.5) is 0 Å². The van der Waals surface area contributed by atoms with E-state index in [-0.39, 0.29) is 11.3 Å². The van der Waals surface area contributed by atoms with E-state index in [1.807, 2.05) is 0 Å². The average molecular weight is 284 g/mol. The van der Waals surface area contributed by atoms with E-state index in [2.05, 4.69) is 10.2 Å². The highest BCUT2D eigenvalue weighted by Gasteiger charge is 2.42. The Kier molecular flexibility index (Phi) is 4.08. The summed E-state index contributed by atoms with van der Waals surface area (Å²) in [4.78, 5) is 26.5. The zero-order valence-corrected chi connectivity index (χ0v) is 10.9. The molecule has 2 aromatic carbocycles. The monoisotopic (exact) mass is 284 g/mol. The fourth-order valence-electron chi connectivity index (χ4n) is 1.80. The number of nitroso groups, excluding NO2 is 1. The predicted octanol–water partition coefficient (Wildman–Crippen LogP) is 2.52. The molecule has 6 nitrogen and oxygen atoms in total. The van der Waals surface area contributed by atoms with Crippen LogP contribution < -0.4 is 0 Å². The molecule has 0 saturated carbocycles. The molecule has 1 unspecified atom stereocenters. The van der Waals surface area contributed by atoms with E-state index in [1.165, 1.54) is 18.2 Å². The van der Waals surface area contributed by atoms with Crippen molar-refractivity contribution in [2.24, 2.45) is 10.2 Å². The molecule has 2 aromatic rings. The lowest BCUT2D eigenvalue weighted by atomic mass is 10.0. The normalized spacial score (nSPS) is 13.7. The Morgan fingerprint density at radius 3 is 2.24 bits per heavy atom. The number of hydrogen-bond acceptors (Lipinski definition) is 5. The van der Waals surface area contributed by atoms with Crippen molar-refractivity contribution in [1.82, 2.24) is 0 Å². The topological polar surface area (TPSA) is 99.3 Å². The summed E-state index contributed by atoms with van der Waals surface area (Å²) in [6, 6.07) is 14.0. The van der Waals surface area contributed by atoms with Crippen LogP contribution in [0.3, 0.4) is 0 Å². The van der Waals surface area contributed by atoms with Crippen LogP contribution in [-0.2, 0) is 10.5 Å². The average Bonchev–Trinajstić information content (AvgIpc) is 2.51. The van der Waals surface area contributed by atoms with Crippen LogP contribution >= 0.6 is 0 Å². The summed E-state index contributed by atoms with van der Waals surface area (Å²) >= 11 is 0. The van der Waals surface area contributed by atoms with Gasteiger partial charge in [0.15, 0.2) is 0 Å². The Balaban J connectivity index is 2.50. The first kappa shape index (κ1) is 14.4. The minimum atomic E-state index is -2.27. The van der Waals surface area contributed by atoms with Gasteiger partial charge in [0.05, 0.1) is 0 Å². The largest absolute Gasteiger partial charge is 0.507 e. The number of carbonyl (C=O) groups is 1. The molecule has 106 valence electrons. The lowest BCUT2D eigenvalue weighted by Crippen LogP contribution is -2.31. The van der Waals surface area contributed by atoms with Gasteiger partial charge in [-0.2, -0.15) is 0 Å². The number of para-hydroxylation sites is 1. The zero-order chi connectivity index (χ0) is 15.3. The van der Waals surface area contributed by atoms with Crippen molar-refractivity contribution in [2.45, 2.75) is 5.66 Å². The smallest absolute Gasteiger partial charge is 0.363 e. The summed E-state index contributed by atoms with van der Waals surface area (Å²) < 4.78 is 0. The number of carboxylic acid groups (broad SMARTS) is 1. The van der Waals surface area contributed by atoms with Gasteiger partial charge in [0.2, 0.25) is 0 Å². The Labute approximate surface area is 120 Å². The maximum absolute atomic E-state index is 11.5. The summed E-state index contributed by atoms with van der Waals surface area (Å²) in [5.41, 5.74) is -1.84. The second kappa shape index (κ2) is 5.96. The van der Waals surface area contributed by atoms with E-state index < -0.39 is 11.6 Å². The third kappa shape index (κ3) is 2.79. The van der Waals surface area contributed by atoms with E-state index in [0.29, 0.717) is 5.56 Å². The van der Waals surface area contributed by atoms with Gasteiger partial charge >= 0.3 is 11.6 Å². The highest BCUT2D eigenvalue weighted by Crippen LogP contribution is 2.28. The van der Waals surface area contributed by atoms with Crippen molar-refractivity contribution in [3.63, 3.8) is 0 Å². The maximum Gasteiger partial charge on any atom is 0.363 e. The first-order valence-electron chi connectivity index (χ1n) is 6.07. The number of benzene rings is 2. The highest BCUT2D eigenvalue weighted by molar-refractivity contribution is 5.88. The zero-order valence-electron chi connectivity index (χ0n) is 10.9. The molecule has 0 aliphatic rings. The Morgan fingerprint density at radius 1 is 1.05 bits per heavy atom. The molecular formula is C15H12N2O4. The number of aromatic hydroxyl groups is 1. The van der Waals surface area contributed by atoms with E-state index in [9.17, 15) is 19.9 Å². The minimum Gasteiger partial charge on any atom is -0.507 e. The van der Waals surface area contributed by atoms with Crippen molar-refractivity contribution >= 4 is 12.2 Å². The lowest BCUT2D eigenvalue weighted by molar-refractivity contribution is -0.143. The molecule has 0 bridgehead atoms. The van der Waals surface area contributed by atoms with Crippen LogP contribution in [-0.4, -0.2) is 22.4 Å². The summed E-state index contributed by atoms with van der Waals surface area (Å²) in [7, 11) is 0. The number of aliphatic carboxylic acids is 1. The van der Waals surface area contributed by atoms with Crippen LogP contribution in [0, 0.1) is 4.91 Å². The molecule has 21 heavy (non-hydrogen) atoms. The first-order chi connectivity index (χ1) is 10.1. The third-order valence-corrected chi connectivity index (χ3v) is 2.93. The van der Waals surface area contributed by atoms with Gasteiger partial charge < -0.3 is 10.2 Å². The SMILES string of the molecule is O=NC(N=Cc1ccccc1O)(C(=O)O)c1ccccc1. The van der Waals surface area contributed by atoms with Gasteiger partial charge in [-0.1, -0.05) is 42.5 Å². The van der Waals surface area contributed by atoms with E-state index in [0.717, 1.165) is 6.21 Å². The quantitative estimate of drug-likeness (QED) is 0.650. The summed E-state index contributed by atoms with van der Waals surface area (Å²) in [6.45, 7) is 0. The molecule has 6 heteroatoms. The molecule has 2 N–H and O–H groups in total. The lowest BCUT2D eigenvalue weighted by Gasteiger charge is -2.17. The van der Waals surface area contributed by atoms with Crippen molar-refractivity contribution in [1.29, 1.82) is 0 Å². The fraction of sp³-hybridized carbons (Fsp3) is 0.0667. The number of aliphatic imine (C=N–C) groups is 1. The number of rotatable bonds is 5. The van der Waals surface area contributed by atoms with Crippen molar-refractivity contribution in [3.05, 3.63) is 70.6 Å². The summed E-state index contributed by atoms with van der Waals surface area (Å²) in [6.07, 6.45) is 1.12. The fourth-order valence-corrected chi connectivity index (χ4v) is 1.80. The molecule has 0 saturated heterocycles. The van der Waals surface area contributed by atoms with Gasteiger partial charge in [-0.15, -0.1) is 4.91 Å². The molecule has 2 rings (SSSR count). The molecule has 0 aliphatic heterocycles. The van der Waals surface area contributed by atoms with Gasteiger partial charge in [0, 0.05) is 17.3 Å². The van der Waals surface area contributed by atoms with Crippen molar-refractivity contribution < 1.29 is 15.0 Å². The second-order valence-corrected chi connectivity index (χ2v) is 4.25. The highest BCUT2D eigenvalue weighted by atomic mass is 16.4. The molecule has 0 radical (unpaired) electrons. The van der Waals surface area contributed by atoms with Crippen LogP contribution in [0.2, 0.25) is 0 Å². The van der Waals surface area contributed by atoms with Crippen LogP contribution in [0.5, 0.6) is 5.75 Å². The van der Waals surface area contributed by atoms with E-state index >= 15 is 0 Å². The van der Waals surface area contributed by atoms with Crippen molar-refractivity contribution in [3.8, 4) is 5.75 Å². The first-order valence-corrected chi connectivity index (χ1v) is 6.07. The van der Waals surface area contributed by atoms with Gasteiger partial charge in [0.1, 0.15) is 5.75 Å². The molecule has 0 spiro atoms. The Morgan fingerprint density at radius 2 is 1.67 bits per heavy atom. The van der Waals surface area contributed by atoms with Crippen LogP contribution in [0.1, 0.15) is 11.1 Å². The summed E-state index contributed by atoms with van der Waals surface area (Å²) in [5, 5.41) is 21.7. The van der Waals surface area contributed by atoms with Crippen LogP contribution in [0.15, 0.2) is 64.8 Å². The maximum atomic E-state index is 11.5. The molecule has 0 aromatic heterocycles. The number of phenolic OH excluding ortho intramolecular Hbond substituents is 1. The third-order valence-electron chi connectivity index (χ3n) is 2.93. The van der Waals surface area contributed by atoms with E-state index in [4.69, 9.17) is 0 Å². The molecule has 1 atom stereocenters. The standard InChI is InChI=1S/C15H12N2O4/c18-13-9-5-4-6-11(13)10-16-15(17-21,14(19)20)12-7-2-1-3-8-12/h1-10,18H,(H,19,20). The van der Waals surface area contributed by atoms with Gasteiger partial charge in [-0.05, 0) is 17.3 Å². The molecule has 0 fully saturated rings. The predicted molar refractivity (Wildman–Crippen MR) is 77.3 cm³/mol. The van der Waals surface area contributed by atoms with Gasteiger partial charge in [0.25, 0.3) is 0 Å². The van der Waals surface area contributed by atoms with Gasteiger partial charge in [-0.3, -0.25) is 0 Å². The molecule has 0 amide bonds. The molecular weight excluding hydrogens is 272 g/mol. The minimum absolute atomic E-state index is 0.0699. The Bertz CT molecular complexity index is 685. The number of nitrogens with zero attached hydrogens (tertiary/aromatic N) is 2. The number of phenols is 1.